The van der Waals surface area contributed by atoms with Crippen LogP contribution in [0.5, 0.6) is 5.75 Å². The number of nitrogens with one attached hydrogen (secondary N) is 1. The first-order chi connectivity index (χ1) is 15.8. The quantitative estimate of drug-likeness (QED) is 0.508. The van der Waals surface area contributed by atoms with Gasteiger partial charge in [0.2, 0.25) is 5.91 Å². The number of piperidine rings is 1. The second kappa shape index (κ2) is 10.9. The van der Waals surface area contributed by atoms with Crippen molar-refractivity contribution in [3.63, 3.8) is 0 Å². The lowest BCUT2D eigenvalue weighted by molar-refractivity contribution is -0.274. The van der Waals surface area contributed by atoms with Crippen molar-refractivity contribution in [3.05, 3.63) is 29.8 Å². The van der Waals surface area contributed by atoms with Gasteiger partial charge in [0.1, 0.15) is 5.75 Å². The van der Waals surface area contributed by atoms with E-state index in [1.807, 2.05) is 17.2 Å². The predicted octanol–water partition coefficient (Wildman–Crippen LogP) is 5.27. The molecule has 1 heterocycles. The Balaban J connectivity index is 1.31. The van der Waals surface area contributed by atoms with E-state index >= 15 is 0 Å². The average molecular weight is 487 g/mol. The second-order valence-electron chi connectivity index (χ2n) is 9.37. The van der Waals surface area contributed by atoms with Gasteiger partial charge in [-0.1, -0.05) is 24.1 Å². The van der Waals surface area contributed by atoms with E-state index in [0.29, 0.717) is 6.61 Å². The van der Waals surface area contributed by atoms with E-state index in [9.17, 15) is 18.0 Å². The summed E-state index contributed by atoms with van der Waals surface area (Å²) in [4.78, 5) is 14.9. The van der Waals surface area contributed by atoms with Crippen LogP contribution in [0, 0.1) is 5.92 Å². The monoisotopic (exact) mass is 486 g/mol. The van der Waals surface area contributed by atoms with Gasteiger partial charge in [-0.25, -0.2) is 0 Å². The molecule has 0 bridgehead atoms. The molecule has 3 fully saturated rings. The summed E-state index contributed by atoms with van der Waals surface area (Å²) in [5.74, 6) is 0.521. The minimum absolute atomic E-state index is 0.0493. The number of benzene rings is 1. The van der Waals surface area contributed by atoms with Gasteiger partial charge in [-0.2, -0.15) is 0 Å². The number of hydrogen-bond donors (Lipinski definition) is 1. The van der Waals surface area contributed by atoms with Crippen molar-refractivity contribution < 1.29 is 27.4 Å². The SMILES string of the molecule is CSNC1CCCN(C(=O)C2CC2)[C@H]1CO[C@H]1CC[C@@H](c2cccc(OC(F)(F)F)c2)CC1. The molecule has 2 aliphatic carbocycles. The van der Waals surface area contributed by atoms with Gasteiger partial charge < -0.3 is 14.4 Å². The molecule has 9 heteroatoms. The van der Waals surface area contributed by atoms with Gasteiger partial charge in [0, 0.05) is 18.5 Å². The van der Waals surface area contributed by atoms with Gasteiger partial charge >= 0.3 is 6.36 Å². The molecule has 0 aromatic heterocycles. The first kappa shape index (κ1) is 24.7. The van der Waals surface area contributed by atoms with Crippen molar-refractivity contribution in [2.24, 2.45) is 5.92 Å². The van der Waals surface area contributed by atoms with Crippen LogP contribution >= 0.6 is 11.9 Å². The summed E-state index contributed by atoms with van der Waals surface area (Å²) in [5.41, 5.74) is 0.882. The van der Waals surface area contributed by atoms with Crippen molar-refractivity contribution in [2.75, 3.05) is 19.4 Å². The molecule has 1 unspecified atom stereocenters. The van der Waals surface area contributed by atoms with Crippen LogP contribution in [-0.4, -0.2) is 54.8 Å². The van der Waals surface area contributed by atoms with Crippen molar-refractivity contribution in [1.29, 1.82) is 0 Å². The molecule has 1 N–H and O–H groups in total. The highest BCUT2D eigenvalue weighted by Crippen LogP contribution is 2.37. The number of likely N-dealkylation sites (tertiary alicyclic amines) is 1. The number of ether oxygens (including phenoxy) is 2. The van der Waals surface area contributed by atoms with Crippen LogP contribution in [0.3, 0.4) is 0 Å². The van der Waals surface area contributed by atoms with Crippen LogP contribution in [0.15, 0.2) is 24.3 Å². The van der Waals surface area contributed by atoms with Gasteiger partial charge in [-0.05, 0) is 81.2 Å². The summed E-state index contributed by atoms with van der Waals surface area (Å²) >= 11 is 1.59. The summed E-state index contributed by atoms with van der Waals surface area (Å²) in [6, 6.07) is 6.60. The molecule has 3 aliphatic rings. The van der Waals surface area contributed by atoms with E-state index < -0.39 is 6.36 Å². The van der Waals surface area contributed by atoms with Crippen molar-refractivity contribution in [3.8, 4) is 5.75 Å². The number of carbonyl (C=O) groups excluding carboxylic acids is 1. The zero-order valence-electron chi connectivity index (χ0n) is 19.0. The minimum atomic E-state index is -4.68. The molecular formula is C24H33F3N2O3S. The Labute approximate surface area is 197 Å². The Bertz CT molecular complexity index is 795. The number of hydrogen-bond acceptors (Lipinski definition) is 5. The second-order valence-corrected chi connectivity index (χ2v) is 10.0. The molecule has 184 valence electrons. The lowest BCUT2D eigenvalue weighted by atomic mass is 9.82. The molecule has 1 aromatic rings. The van der Waals surface area contributed by atoms with Crippen LogP contribution in [-0.2, 0) is 9.53 Å². The van der Waals surface area contributed by atoms with E-state index in [1.165, 1.54) is 12.1 Å². The molecule has 2 saturated carbocycles. The van der Waals surface area contributed by atoms with Crippen LogP contribution < -0.4 is 9.46 Å². The van der Waals surface area contributed by atoms with E-state index in [4.69, 9.17) is 4.74 Å². The smallest absolute Gasteiger partial charge is 0.406 e. The third kappa shape index (κ3) is 6.79. The first-order valence-electron chi connectivity index (χ1n) is 11.9. The van der Waals surface area contributed by atoms with Crippen LogP contribution in [0.1, 0.15) is 62.8 Å². The Morgan fingerprint density at radius 3 is 2.58 bits per heavy atom. The molecule has 1 amide bonds. The van der Waals surface area contributed by atoms with Gasteiger partial charge in [0.05, 0.1) is 18.8 Å². The molecule has 2 atom stereocenters. The standard InChI is InChI=1S/C24H33F3N2O3S/c1-33-28-21-6-3-13-29(23(30)17-7-8-17)22(21)15-31-19-11-9-16(10-12-19)18-4-2-5-20(14-18)32-24(25,26)27/h2,4-5,14,16-17,19,21-22,28H,3,6-13,15H2,1H3/t16-,19+,21?,22-/m0/s1. The molecule has 1 aliphatic heterocycles. The fourth-order valence-electron chi connectivity index (χ4n) is 5.15. The lowest BCUT2D eigenvalue weighted by Gasteiger charge is -2.42. The maximum Gasteiger partial charge on any atom is 0.573 e. The number of amides is 1. The minimum Gasteiger partial charge on any atom is -0.406 e. The van der Waals surface area contributed by atoms with Gasteiger partial charge in [0.15, 0.2) is 0 Å². The molecule has 1 saturated heterocycles. The van der Waals surface area contributed by atoms with Gasteiger partial charge in [-0.15, -0.1) is 13.2 Å². The zero-order valence-corrected chi connectivity index (χ0v) is 19.8. The summed E-state index contributed by atoms with van der Waals surface area (Å²) in [5, 5.41) is 0. The fourth-order valence-corrected chi connectivity index (χ4v) is 5.73. The average Bonchev–Trinajstić information content (AvgIpc) is 3.63. The molecule has 33 heavy (non-hydrogen) atoms. The summed E-state index contributed by atoms with van der Waals surface area (Å²) in [6.07, 6.45) is 4.94. The van der Waals surface area contributed by atoms with E-state index in [2.05, 4.69) is 9.46 Å². The molecular weight excluding hydrogens is 453 g/mol. The lowest BCUT2D eigenvalue weighted by Crippen LogP contribution is -2.57. The zero-order chi connectivity index (χ0) is 23.4. The van der Waals surface area contributed by atoms with Crippen molar-refractivity contribution in [1.82, 2.24) is 9.62 Å². The first-order valence-corrected chi connectivity index (χ1v) is 13.1. The van der Waals surface area contributed by atoms with E-state index in [-0.39, 0.29) is 41.7 Å². The van der Waals surface area contributed by atoms with Crippen molar-refractivity contribution >= 4 is 17.9 Å². The molecule has 5 nitrogen and oxygen atoms in total. The van der Waals surface area contributed by atoms with Gasteiger partial charge in [0.25, 0.3) is 0 Å². The van der Waals surface area contributed by atoms with Crippen LogP contribution in [0.2, 0.25) is 0 Å². The topological polar surface area (TPSA) is 50.8 Å². The third-order valence-corrected chi connectivity index (χ3v) is 7.54. The van der Waals surface area contributed by atoms with E-state index in [0.717, 1.165) is 63.5 Å². The largest absolute Gasteiger partial charge is 0.573 e. The maximum atomic E-state index is 12.8. The number of nitrogens with zero attached hydrogens (tertiary/aromatic N) is 1. The highest BCUT2D eigenvalue weighted by Gasteiger charge is 2.41. The highest BCUT2D eigenvalue weighted by molar-refractivity contribution is 7.96. The van der Waals surface area contributed by atoms with E-state index in [1.54, 1.807) is 18.0 Å². The predicted molar refractivity (Wildman–Crippen MR) is 122 cm³/mol. The van der Waals surface area contributed by atoms with Crippen LogP contribution in [0.4, 0.5) is 13.2 Å². The normalized spacial score (nSPS) is 28.5. The summed E-state index contributed by atoms with van der Waals surface area (Å²) in [6.45, 7) is 1.33. The van der Waals surface area contributed by atoms with Crippen molar-refractivity contribution in [2.45, 2.75) is 81.8 Å². The summed E-state index contributed by atoms with van der Waals surface area (Å²) in [7, 11) is 0. The van der Waals surface area contributed by atoms with Crippen LogP contribution in [0.25, 0.3) is 0 Å². The Morgan fingerprint density at radius 1 is 1.15 bits per heavy atom. The molecule has 1 aromatic carbocycles. The number of rotatable bonds is 8. The third-order valence-electron chi connectivity index (χ3n) is 7.00. The molecule has 0 radical (unpaired) electrons. The highest BCUT2D eigenvalue weighted by atomic mass is 32.2. The molecule has 4 rings (SSSR count). The van der Waals surface area contributed by atoms with Gasteiger partial charge in [-0.3, -0.25) is 9.52 Å². The Hall–Kier alpha value is -1.45. The number of alkyl halides is 3. The molecule has 0 spiro atoms. The Morgan fingerprint density at radius 2 is 1.91 bits per heavy atom. The number of carbonyl (C=O) groups is 1. The number of halogens is 3. The fraction of sp³-hybridized carbons (Fsp3) is 0.708. The maximum absolute atomic E-state index is 12.8. The Kier molecular flexibility index (Phi) is 8.12. The summed E-state index contributed by atoms with van der Waals surface area (Å²) < 4.78 is 51.5.